The van der Waals surface area contributed by atoms with Crippen molar-refractivity contribution in [3.63, 3.8) is 0 Å². The van der Waals surface area contributed by atoms with Crippen LogP contribution in [0.1, 0.15) is 52.0 Å². The van der Waals surface area contributed by atoms with Gasteiger partial charge in [0.15, 0.2) is 0 Å². The molecular formula is C30H35F2N3O4S. The Hall–Kier alpha value is -3.37. The first kappa shape index (κ1) is 29.6. The van der Waals surface area contributed by atoms with Crippen molar-refractivity contribution in [2.75, 3.05) is 5.32 Å². The minimum atomic E-state index is -3.86. The van der Waals surface area contributed by atoms with Crippen LogP contribution in [0.4, 0.5) is 14.5 Å². The molecule has 1 aliphatic carbocycles. The minimum Gasteiger partial charge on any atom is -0.344 e. The van der Waals surface area contributed by atoms with Gasteiger partial charge in [-0.15, -0.1) is 0 Å². The summed E-state index contributed by atoms with van der Waals surface area (Å²) in [5, 5.41) is 6.61. The number of amides is 2. The van der Waals surface area contributed by atoms with Crippen molar-refractivity contribution in [2.24, 2.45) is 5.92 Å². The summed E-state index contributed by atoms with van der Waals surface area (Å²) in [6, 6.07) is 18.0. The number of rotatable bonds is 8. The Morgan fingerprint density at radius 3 is 2.20 bits per heavy atom. The maximum atomic E-state index is 13.6. The Balaban J connectivity index is 1.60. The zero-order chi connectivity index (χ0) is 29.1. The first-order chi connectivity index (χ1) is 18.7. The first-order valence-corrected chi connectivity index (χ1v) is 14.8. The van der Waals surface area contributed by atoms with Crippen LogP contribution < -0.4 is 15.4 Å². The van der Waals surface area contributed by atoms with Gasteiger partial charge in [-0.05, 0) is 51.3 Å². The third-order valence-electron chi connectivity index (χ3n) is 6.87. The fourth-order valence-electron chi connectivity index (χ4n) is 4.95. The molecule has 40 heavy (non-hydrogen) atoms. The van der Waals surface area contributed by atoms with Gasteiger partial charge < -0.3 is 10.6 Å². The number of carbonyl (C=O) groups is 2. The third-order valence-corrected chi connectivity index (χ3v) is 8.69. The van der Waals surface area contributed by atoms with Crippen molar-refractivity contribution in [1.29, 1.82) is 0 Å². The Labute approximate surface area is 233 Å². The SMILES string of the molecule is CC(C)(C)NS(=O)(=O)c1cccc2c(NC(=O)C(Cc3ccccc3)NC(=O)C3CCC(F)(F)CC3)cccc12. The predicted molar refractivity (Wildman–Crippen MR) is 152 cm³/mol. The van der Waals surface area contributed by atoms with Gasteiger partial charge in [-0.3, -0.25) is 9.59 Å². The number of carbonyl (C=O) groups excluding carboxylic acids is 2. The highest BCUT2D eigenvalue weighted by Gasteiger charge is 2.38. The monoisotopic (exact) mass is 571 g/mol. The van der Waals surface area contributed by atoms with Gasteiger partial charge in [-0.1, -0.05) is 54.6 Å². The molecule has 0 radical (unpaired) electrons. The maximum absolute atomic E-state index is 13.6. The molecule has 4 rings (SSSR count). The van der Waals surface area contributed by atoms with Crippen LogP contribution in [0.2, 0.25) is 0 Å². The molecule has 3 N–H and O–H groups in total. The van der Waals surface area contributed by atoms with Gasteiger partial charge in [0.1, 0.15) is 6.04 Å². The van der Waals surface area contributed by atoms with Crippen molar-refractivity contribution < 1.29 is 26.8 Å². The number of halogens is 2. The normalized spacial score (nSPS) is 16.8. The number of alkyl halides is 2. The van der Waals surface area contributed by atoms with Gasteiger partial charge in [0, 0.05) is 47.2 Å². The maximum Gasteiger partial charge on any atom is 0.248 e. The second kappa shape index (κ2) is 11.6. The van der Waals surface area contributed by atoms with Crippen LogP contribution in [0.25, 0.3) is 10.8 Å². The summed E-state index contributed by atoms with van der Waals surface area (Å²) in [6.07, 6.45) is -0.400. The molecule has 1 aliphatic rings. The van der Waals surface area contributed by atoms with E-state index in [1.165, 1.54) is 6.07 Å². The summed E-state index contributed by atoms with van der Waals surface area (Å²) in [7, 11) is -3.86. The molecule has 3 aromatic carbocycles. The molecule has 1 unspecified atom stereocenters. The molecule has 10 heteroatoms. The molecule has 7 nitrogen and oxygen atoms in total. The van der Waals surface area contributed by atoms with Gasteiger partial charge in [-0.25, -0.2) is 21.9 Å². The van der Waals surface area contributed by atoms with Gasteiger partial charge in [0.2, 0.25) is 27.8 Å². The summed E-state index contributed by atoms with van der Waals surface area (Å²) in [5.74, 6) is -4.27. The van der Waals surface area contributed by atoms with E-state index in [1.54, 1.807) is 51.1 Å². The second-order valence-corrected chi connectivity index (χ2v) is 13.0. The van der Waals surface area contributed by atoms with E-state index in [2.05, 4.69) is 15.4 Å². The Morgan fingerprint density at radius 1 is 0.925 bits per heavy atom. The highest BCUT2D eigenvalue weighted by Crippen LogP contribution is 2.36. The largest absolute Gasteiger partial charge is 0.344 e. The molecule has 0 heterocycles. The topological polar surface area (TPSA) is 104 Å². The highest BCUT2D eigenvalue weighted by molar-refractivity contribution is 7.89. The van der Waals surface area contributed by atoms with Crippen molar-refractivity contribution in [3.8, 4) is 0 Å². The van der Waals surface area contributed by atoms with E-state index < -0.39 is 45.3 Å². The van der Waals surface area contributed by atoms with Crippen molar-refractivity contribution in [3.05, 3.63) is 72.3 Å². The number of sulfonamides is 1. The van der Waals surface area contributed by atoms with Crippen LogP contribution in [-0.4, -0.2) is 37.7 Å². The molecule has 0 bridgehead atoms. The minimum absolute atomic E-state index is 0.0572. The van der Waals surface area contributed by atoms with Crippen molar-refractivity contribution in [2.45, 2.75) is 75.3 Å². The molecule has 0 aromatic heterocycles. The van der Waals surface area contributed by atoms with Crippen LogP contribution in [0, 0.1) is 5.92 Å². The Morgan fingerprint density at radius 2 is 1.55 bits per heavy atom. The van der Waals surface area contributed by atoms with E-state index >= 15 is 0 Å². The van der Waals surface area contributed by atoms with E-state index in [1.807, 2.05) is 30.3 Å². The number of hydrogen-bond donors (Lipinski definition) is 3. The molecule has 0 saturated heterocycles. The lowest BCUT2D eigenvalue weighted by Gasteiger charge is -2.29. The summed E-state index contributed by atoms with van der Waals surface area (Å²) in [6.45, 7) is 5.25. The summed E-state index contributed by atoms with van der Waals surface area (Å²) in [5.41, 5.74) is 0.516. The predicted octanol–water partition coefficient (Wildman–Crippen LogP) is 5.41. The lowest BCUT2D eigenvalue weighted by molar-refractivity contribution is -0.132. The van der Waals surface area contributed by atoms with Crippen molar-refractivity contribution >= 4 is 38.3 Å². The van der Waals surface area contributed by atoms with E-state index in [9.17, 15) is 26.8 Å². The van der Waals surface area contributed by atoms with Crippen LogP contribution in [0.5, 0.6) is 0 Å². The van der Waals surface area contributed by atoms with E-state index in [0.717, 1.165) is 5.56 Å². The molecule has 1 atom stereocenters. The van der Waals surface area contributed by atoms with Crippen LogP contribution in [-0.2, 0) is 26.0 Å². The fourth-order valence-corrected chi connectivity index (χ4v) is 6.59. The third kappa shape index (κ3) is 7.42. The summed E-state index contributed by atoms with van der Waals surface area (Å²) < 4.78 is 56.2. The molecule has 0 spiro atoms. The van der Waals surface area contributed by atoms with Crippen molar-refractivity contribution in [1.82, 2.24) is 10.0 Å². The smallest absolute Gasteiger partial charge is 0.248 e. The average molecular weight is 572 g/mol. The number of nitrogens with one attached hydrogen (secondary N) is 3. The summed E-state index contributed by atoms with van der Waals surface area (Å²) >= 11 is 0. The summed E-state index contributed by atoms with van der Waals surface area (Å²) in [4.78, 5) is 26.7. The zero-order valence-corrected chi connectivity index (χ0v) is 23.7. The van der Waals surface area contributed by atoms with Gasteiger partial charge in [0.25, 0.3) is 0 Å². The molecule has 3 aromatic rings. The quantitative estimate of drug-likeness (QED) is 0.336. The lowest BCUT2D eigenvalue weighted by atomic mass is 9.86. The van der Waals surface area contributed by atoms with Gasteiger partial charge in [0.05, 0.1) is 4.90 Å². The van der Waals surface area contributed by atoms with E-state index in [0.29, 0.717) is 16.5 Å². The first-order valence-electron chi connectivity index (χ1n) is 13.3. The highest BCUT2D eigenvalue weighted by atomic mass is 32.2. The standard InChI is InChI=1S/C30H35F2N3O4S/c1-29(2,3)35-40(38,39)26-14-8-11-22-23(26)12-7-13-24(22)33-28(37)25(19-20-9-5-4-6-10-20)34-27(36)21-15-17-30(31,32)18-16-21/h4-14,21,25,35H,15-19H2,1-3H3,(H,33,37)(H,34,36). The number of anilines is 1. The molecule has 214 valence electrons. The van der Waals surface area contributed by atoms with Crippen LogP contribution in [0.3, 0.4) is 0 Å². The lowest BCUT2D eigenvalue weighted by Crippen LogP contribution is -2.48. The molecule has 2 amide bonds. The Kier molecular flexibility index (Phi) is 8.60. The number of fused-ring (bicyclic) bond motifs is 1. The number of hydrogen-bond acceptors (Lipinski definition) is 4. The molecule has 0 aliphatic heterocycles. The van der Waals surface area contributed by atoms with Crippen LogP contribution in [0.15, 0.2) is 71.6 Å². The molecule has 1 fully saturated rings. The van der Waals surface area contributed by atoms with E-state index in [4.69, 9.17) is 0 Å². The van der Waals surface area contributed by atoms with Gasteiger partial charge >= 0.3 is 0 Å². The zero-order valence-electron chi connectivity index (χ0n) is 22.8. The Bertz CT molecular complexity index is 1480. The van der Waals surface area contributed by atoms with Crippen LogP contribution >= 0.6 is 0 Å². The molecule has 1 saturated carbocycles. The van der Waals surface area contributed by atoms with E-state index in [-0.39, 0.29) is 37.0 Å². The fraction of sp³-hybridized carbons (Fsp3) is 0.400. The molecular weight excluding hydrogens is 536 g/mol. The van der Waals surface area contributed by atoms with Gasteiger partial charge in [-0.2, -0.15) is 0 Å². The second-order valence-electron chi connectivity index (χ2n) is 11.4. The average Bonchev–Trinajstić information content (AvgIpc) is 2.87. The number of benzene rings is 3.